The molecule has 13 heavy (non-hydrogen) atoms. The molecular weight excluding hydrogens is 160 g/mol. The maximum absolute atomic E-state index is 3.53. The van der Waals surface area contributed by atoms with Crippen LogP contribution in [0.4, 0.5) is 0 Å². The zero-order chi connectivity index (χ0) is 9.10. The van der Waals surface area contributed by atoms with Crippen LogP contribution in [0.2, 0.25) is 0 Å². The highest BCUT2D eigenvalue weighted by atomic mass is 15.2. The summed E-state index contributed by atoms with van der Waals surface area (Å²) in [5, 5.41) is 3.53. The van der Waals surface area contributed by atoms with Gasteiger partial charge in [0.1, 0.15) is 0 Å². The molecule has 0 aromatic rings. The maximum atomic E-state index is 3.53. The minimum atomic E-state index is 0.852. The summed E-state index contributed by atoms with van der Waals surface area (Å²) in [5.41, 5.74) is 0. The van der Waals surface area contributed by atoms with Crippen molar-refractivity contribution in [2.75, 3.05) is 26.2 Å². The summed E-state index contributed by atoms with van der Waals surface area (Å²) in [4.78, 5) is 2.72. The van der Waals surface area contributed by atoms with Gasteiger partial charge in [0.2, 0.25) is 0 Å². The topological polar surface area (TPSA) is 15.3 Å². The highest BCUT2D eigenvalue weighted by molar-refractivity contribution is 4.88. The molecule has 2 fully saturated rings. The van der Waals surface area contributed by atoms with E-state index in [-0.39, 0.29) is 0 Å². The van der Waals surface area contributed by atoms with Crippen molar-refractivity contribution in [1.82, 2.24) is 10.2 Å². The largest absolute Gasteiger partial charge is 0.315 e. The van der Waals surface area contributed by atoms with Crippen LogP contribution in [0.25, 0.3) is 0 Å². The van der Waals surface area contributed by atoms with Crippen molar-refractivity contribution < 1.29 is 0 Å². The fourth-order valence-electron chi connectivity index (χ4n) is 2.81. The predicted octanol–water partition coefficient (Wildman–Crippen LogP) is 1.47. The predicted molar refractivity (Wildman–Crippen MR) is 55.9 cm³/mol. The molecule has 2 atom stereocenters. The Kier molecular flexibility index (Phi) is 3.23. The van der Waals surface area contributed by atoms with Crippen LogP contribution < -0.4 is 5.32 Å². The van der Waals surface area contributed by atoms with Crippen molar-refractivity contribution in [3.8, 4) is 0 Å². The van der Waals surface area contributed by atoms with Gasteiger partial charge in [0.15, 0.2) is 0 Å². The summed E-state index contributed by atoms with van der Waals surface area (Å²) in [6, 6.07) is 0.852. The number of hydrogen-bond donors (Lipinski definition) is 1. The molecule has 2 aliphatic heterocycles. The first kappa shape index (κ1) is 9.47. The van der Waals surface area contributed by atoms with Gasteiger partial charge in [-0.25, -0.2) is 0 Å². The molecule has 76 valence electrons. The molecule has 1 N–H and O–H groups in total. The normalized spacial score (nSPS) is 36.7. The average molecular weight is 182 g/mol. The molecule has 0 radical (unpaired) electrons. The fourth-order valence-corrected chi connectivity index (χ4v) is 2.81. The molecule has 2 heterocycles. The summed E-state index contributed by atoms with van der Waals surface area (Å²) < 4.78 is 0. The van der Waals surface area contributed by atoms with E-state index >= 15 is 0 Å². The molecule has 0 bridgehead atoms. The van der Waals surface area contributed by atoms with Crippen molar-refractivity contribution in [3.63, 3.8) is 0 Å². The third kappa shape index (κ3) is 2.05. The Morgan fingerprint density at radius 3 is 2.62 bits per heavy atom. The van der Waals surface area contributed by atoms with Crippen LogP contribution >= 0.6 is 0 Å². The van der Waals surface area contributed by atoms with Crippen molar-refractivity contribution >= 4 is 0 Å². The summed E-state index contributed by atoms with van der Waals surface area (Å²) in [7, 11) is 0. The molecule has 0 aromatic heterocycles. The lowest BCUT2D eigenvalue weighted by Crippen LogP contribution is -2.43. The maximum Gasteiger partial charge on any atom is 0.0260 e. The number of hydrogen-bond acceptors (Lipinski definition) is 2. The van der Waals surface area contributed by atoms with Gasteiger partial charge in [-0.2, -0.15) is 0 Å². The van der Waals surface area contributed by atoms with Crippen LogP contribution in [0.3, 0.4) is 0 Å². The summed E-state index contributed by atoms with van der Waals surface area (Å²) in [6.07, 6.45) is 5.64. The quantitative estimate of drug-likeness (QED) is 0.695. The molecule has 0 saturated carbocycles. The van der Waals surface area contributed by atoms with E-state index in [4.69, 9.17) is 0 Å². The number of piperidine rings is 1. The van der Waals surface area contributed by atoms with Crippen LogP contribution in [0, 0.1) is 5.92 Å². The third-order valence-corrected chi connectivity index (χ3v) is 3.69. The molecule has 2 aliphatic rings. The van der Waals surface area contributed by atoms with Gasteiger partial charge in [-0.3, -0.25) is 4.90 Å². The minimum Gasteiger partial charge on any atom is -0.315 e. The molecule has 0 aliphatic carbocycles. The number of likely N-dealkylation sites (tertiary alicyclic amines) is 1. The second kappa shape index (κ2) is 4.43. The monoisotopic (exact) mass is 182 g/mol. The second-order valence-corrected chi connectivity index (χ2v) is 4.49. The van der Waals surface area contributed by atoms with Gasteiger partial charge >= 0.3 is 0 Å². The molecule has 2 heteroatoms. The van der Waals surface area contributed by atoms with E-state index in [2.05, 4.69) is 17.1 Å². The molecule has 2 unspecified atom stereocenters. The molecule has 0 aromatic carbocycles. The van der Waals surface area contributed by atoms with Gasteiger partial charge in [-0.05, 0) is 38.4 Å². The number of nitrogens with one attached hydrogen (secondary N) is 1. The first-order valence-electron chi connectivity index (χ1n) is 5.86. The lowest BCUT2D eigenvalue weighted by atomic mass is 9.97. The zero-order valence-corrected chi connectivity index (χ0v) is 8.76. The lowest BCUT2D eigenvalue weighted by Gasteiger charge is -2.34. The van der Waals surface area contributed by atoms with Gasteiger partial charge in [0, 0.05) is 12.6 Å². The Labute approximate surface area is 81.7 Å². The average Bonchev–Trinajstić information content (AvgIpc) is 2.67. The fraction of sp³-hybridized carbons (Fsp3) is 1.00. The second-order valence-electron chi connectivity index (χ2n) is 4.49. The van der Waals surface area contributed by atoms with Gasteiger partial charge in [0.25, 0.3) is 0 Å². The Morgan fingerprint density at radius 2 is 1.92 bits per heavy atom. The van der Waals surface area contributed by atoms with E-state index in [9.17, 15) is 0 Å². The van der Waals surface area contributed by atoms with E-state index < -0.39 is 0 Å². The van der Waals surface area contributed by atoms with Crippen molar-refractivity contribution in [3.05, 3.63) is 0 Å². The summed E-state index contributed by atoms with van der Waals surface area (Å²) >= 11 is 0. The summed E-state index contributed by atoms with van der Waals surface area (Å²) in [6.45, 7) is 7.51. The lowest BCUT2D eigenvalue weighted by molar-refractivity contribution is 0.141. The smallest absolute Gasteiger partial charge is 0.0260 e. The van der Waals surface area contributed by atoms with Gasteiger partial charge < -0.3 is 5.32 Å². The van der Waals surface area contributed by atoms with Crippen LogP contribution in [0.1, 0.15) is 32.6 Å². The Hall–Kier alpha value is -0.0800. The highest BCUT2D eigenvalue weighted by Gasteiger charge is 2.30. The molecule has 0 amide bonds. The minimum absolute atomic E-state index is 0.852. The van der Waals surface area contributed by atoms with Crippen molar-refractivity contribution in [2.24, 2.45) is 5.92 Å². The molecular formula is C11H22N2. The molecule has 2 rings (SSSR count). The molecule has 0 spiro atoms. The summed E-state index contributed by atoms with van der Waals surface area (Å²) in [5.74, 6) is 0.915. The van der Waals surface area contributed by atoms with Gasteiger partial charge in [-0.15, -0.1) is 0 Å². The number of nitrogens with zero attached hydrogens (tertiary/aromatic N) is 1. The first-order valence-corrected chi connectivity index (χ1v) is 5.86. The third-order valence-electron chi connectivity index (χ3n) is 3.69. The van der Waals surface area contributed by atoms with Crippen LogP contribution in [-0.4, -0.2) is 37.1 Å². The Balaban J connectivity index is 1.90. The Morgan fingerprint density at radius 1 is 1.15 bits per heavy atom. The highest BCUT2D eigenvalue weighted by Crippen LogP contribution is 2.22. The van der Waals surface area contributed by atoms with E-state index in [0.29, 0.717) is 0 Å². The zero-order valence-electron chi connectivity index (χ0n) is 8.76. The van der Waals surface area contributed by atoms with Crippen molar-refractivity contribution in [2.45, 2.75) is 38.6 Å². The van der Waals surface area contributed by atoms with Crippen LogP contribution in [-0.2, 0) is 0 Å². The van der Waals surface area contributed by atoms with Gasteiger partial charge in [-0.1, -0.05) is 19.8 Å². The van der Waals surface area contributed by atoms with Crippen LogP contribution in [0.5, 0.6) is 0 Å². The first-order chi connectivity index (χ1) is 6.42. The van der Waals surface area contributed by atoms with Crippen LogP contribution in [0.15, 0.2) is 0 Å². The van der Waals surface area contributed by atoms with Gasteiger partial charge in [0.05, 0.1) is 0 Å². The van der Waals surface area contributed by atoms with E-state index in [0.717, 1.165) is 12.0 Å². The molecule has 2 saturated heterocycles. The van der Waals surface area contributed by atoms with E-state index in [1.54, 1.807) is 0 Å². The van der Waals surface area contributed by atoms with Crippen molar-refractivity contribution in [1.29, 1.82) is 0 Å². The van der Waals surface area contributed by atoms with E-state index in [1.807, 2.05) is 0 Å². The SMILES string of the molecule is CCC1CNCC1N1CCCCC1. The molecule has 2 nitrogen and oxygen atoms in total. The Bertz CT molecular complexity index is 152. The van der Waals surface area contributed by atoms with E-state index in [1.165, 1.54) is 51.9 Å². The number of rotatable bonds is 2. The standard InChI is InChI=1S/C11H22N2/c1-2-10-8-12-9-11(10)13-6-4-3-5-7-13/h10-12H,2-9H2,1H3.